The molecule has 1 unspecified atom stereocenters. The van der Waals surface area contributed by atoms with E-state index in [-0.39, 0.29) is 18.1 Å². The number of anilines is 2. The Balaban J connectivity index is 1.73. The fourth-order valence-corrected chi connectivity index (χ4v) is 4.20. The molecule has 2 aromatic rings. The van der Waals surface area contributed by atoms with Crippen molar-refractivity contribution in [2.75, 3.05) is 49.2 Å². The van der Waals surface area contributed by atoms with Gasteiger partial charge in [-0.15, -0.1) is 0 Å². The van der Waals surface area contributed by atoms with Crippen molar-refractivity contribution in [3.8, 4) is 0 Å². The van der Waals surface area contributed by atoms with Crippen LogP contribution < -0.4 is 9.80 Å². The van der Waals surface area contributed by atoms with E-state index in [1.165, 1.54) is 17.4 Å². The molecule has 2 aromatic heterocycles. The first-order valence-electron chi connectivity index (χ1n) is 8.29. The van der Waals surface area contributed by atoms with Gasteiger partial charge in [0.2, 0.25) is 5.82 Å². The van der Waals surface area contributed by atoms with Gasteiger partial charge in [-0.3, -0.25) is 10.1 Å². The Morgan fingerprint density at radius 1 is 1.28 bits per heavy atom. The van der Waals surface area contributed by atoms with Crippen LogP contribution in [0.4, 0.5) is 21.0 Å². The number of aromatic nitrogens is 2. The molecule has 0 bridgehead atoms. The van der Waals surface area contributed by atoms with Gasteiger partial charge in [0.05, 0.1) is 29.4 Å². The fourth-order valence-electron chi connectivity index (χ4n) is 3.21. The molecule has 0 aliphatic carbocycles. The first-order valence-corrected chi connectivity index (χ1v) is 9.11. The minimum Gasteiger partial charge on any atom is -0.378 e. The largest absolute Gasteiger partial charge is 0.378 e. The summed E-state index contributed by atoms with van der Waals surface area (Å²) in [6, 6.07) is 1.52. The summed E-state index contributed by atoms with van der Waals surface area (Å²) in [7, 11) is 0. The van der Waals surface area contributed by atoms with E-state index >= 15 is 0 Å². The molecule has 2 fully saturated rings. The Morgan fingerprint density at radius 3 is 2.80 bits per heavy atom. The zero-order chi connectivity index (χ0) is 17.4. The quantitative estimate of drug-likeness (QED) is 0.608. The number of nitrogens with zero attached hydrogens (tertiary/aromatic N) is 5. The molecule has 2 aliphatic heterocycles. The molecule has 0 spiro atoms. The minimum absolute atomic E-state index is 0.0845. The van der Waals surface area contributed by atoms with Crippen LogP contribution in [0.3, 0.4) is 0 Å². The number of nitro groups is 1. The lowest BCUT2D eigenvalue weighted by atomic mass is 10.1. The molecule has 0 N–H and O–H groups in total. The summed E-state index contributed by atoms with van der Waals surface area (Å²) in [5.41, 5.74) is 0.395. The minimum atomic E-state index is -0.981. The van der Waals surface area contributed by atoms with Crippen LogP contribution in [-0.2, 0) is 4.74 Å². The van der Waals surface area contributed by atoms with E-state index in [9.17, 15) is 14.5 Å². The summed E-state index contributed by atoms with van der Waals surface area (Å²) in [5.74, 6) is 0.221. The lowest BCUT2D eigenvalue weighted by molar-refractivity contribution is -0.384. The van der Waals surface area contributed by atoms with Gasteiger partial charge in [0.15, 0.2) is 10.8 Å². The van der Waals surface area contributed by atoms with Crippen molar-refractivity contribution < 1.29 is 14.1 Å². The molecule has 2 saturated heterocycles. The maximum Gasteiger partial charge on any atom is 0.313 e. The molecule has 10 heteroatoms. The molecule has 1 atom stereocenters. The summed E-state index contributed by atoms with van der Waals surface area (Å²) in [6.45, 7) is 3.47. The van der Waals surface area contributed by atoms with Crippen molar-refractivity contribution in [2.45, 2.75) is 19.0 Å². The average Bonchev–Trinajstić information content (AvgIpc) is 3.04. The molecular weight excluding hydrogens is 349 g/mol. The first kappa shape index (κ1) is 16.4. The molecular formula is C15H18FN5O3S. The topological polar surface area (TPSA) is 84.6 Å². The molecule has 2 aliphatic rings. The average molecular weight is 367 g/mol. The van der Waals surface area contributed by atoms with Crippen LogP contribution in [0.1, 0.15) is 12.8 Å². The Labute approximate surface area is 147 Å². The summed E-state index contributed by atoms with van der Waals surface area (Å²) in [4.78, 5) is 23.8. The maximum absolute atomic E-state index is 13.7. The van der Waals surface area contributed by atoms with Crippen molar-refractivity contribution >= 4 is 38.3 Å². The number of piperidine rings is 1. The molecule has 134 valence electrons. The van der Waals surface area contributed by atoms with Gasteiger partial charge in [0.25, 0.3) is 0 Å². The number of halogens is 1. The standard InChI is InChI=1S/C15H18FN5O3S/c16-10-2-1-3-20(9-10)14-11(21(22)23)8-12-13(17-14)18-15(25-12)19-4-6-24-7-5-19/h8,10H,1-7,9H2. The van der Waals surface area contributed by atoms with Crippen LogP contribution in [0.15, 0.2) is 6.07 Å². The second-order valence-corrected chi connectivity index (χ2v) is 7.20. The van der Waals surface area contributed by atoms with Gasteiger partial charge in [0.1, 0.15) is 6.17 Å². The van der Waals surface area contributed by atoms with Crippen LogP contribution in [-0.4, -0.2) is 60.5 Å². The third-order valence-electron chi connectivity index (χ3n) is 4.47. The van der Waals surface area contributed by atoms with E-state index < -0.39 is 11.1 Å². The van der Waals surface area contributed by atoms with E-state index in [0.717, 1.165) is 18.2 Å². The monoisotopic (exact) mass is 367 g/mol. The predicted molar refractivity (Wildman–Crippen MR) is 93.4 cm³/mol. The van der Waals surface area contributed by atoms with Crippen LogP contribution >= 0.6 is 11.3 Å². The Kier molecular flexibility index (Phi) is 4.38. The summed E-state index contributed by atoms with van der Waals surface area (Å²) < 4.78 is 19.8. The number of rotatable bonds is 3. The second kappa shape index (κ2) is 6.68. The fraction of sp³-hybridized carbons (Fsp3) is 0.600. The number of pyridine rings is 1. The highest BCUT2D eigenvalue weighted by molar-refractivity contribution is 7.22. The van der Waals surface area contributed by atoms with E-state index in [1.54, 1.807) is 4.90 Å². The highest BCUT2D eigenvalue weighted by Crippen LogP contribution is 2.36. The van der Waals surface area contributed by atoms with Crippen LogP contribution in [0, 0.1) is 10.1 Å². The summed E-state index contributed by atoms with van der Waals surface area (Å²) >= 11 is 1.39. The van der Waals surface area contributed by atoms with Gasteiger partial charge in [-0.2, -0.15) is 4.98 Å². The number of hydrogen-bond acceptors (Lipinski definition) is 8. The molecule has 4 rings (SSSR count). The summed E-state index contributed by atoms with van der Waals surface area (Å²) in [5, 5.41) is 12.3. The molecule has 0 aromatic carbocycles. The smallest absolute Gasteiger partial charge is 0.313 e. The summed E-state index contributed by atoms with van der Waals surface area (Å²) in [6.07, 6.45) is 0.170. The molecule has 0 amide bonds. The molecule has 4 heterocycles. The molecule has 0 radical (unpaired) electrons. The number of morpholine rings is 1. The lowest BCUT2D eigenvalue weighted by Crippen LogP contribution is -2.37. The molecule has 0 saturated carbocycles. The lowest BCUT2D eigenvalue weighted by Gasteiger charge is -2.29. The first-order chi connectivity index (χ1) is 12.1. The number of fused-ring (bicyclic) bond motifs is 1. The van der Waals surface area contributed by atoms with Crippen molar-refractivity contribution in [1.82, 2.24) is 9.97 Å². The number of alkyl halides is 1. The van der Waals surface area contributed by atoms with Crippen molar-refractivity contribution in [1.29, 1.82) is 0 Å². The van der Waals surface area contributed by atoms with Gasteiger partial charge in [0, 0.05) is 25.7 Å². The van der Waals surface area contributed by atoms with Crippen LogP contribution in [0.25, 0.3) is 10.3 Å². The van der Waals surface area contributed by atoms with Gasteiger partial charge >= 0.3 is 5.69 Å². The maximum atomic E-state index is 13.7. The highest BCUT2D eigenvalue weighted by Gasteiger charge is 2.28. The predicted octanol–water partition coefficient (Wildman–Crippen LogP) is 2.37. The Morgan fingerprint density at radius 2 is 2.08 bits per heavy atom. The van der Waals surface area contributed by atoms with Crippen molar-refractivity contribution in [2.24, 2.45) is 0 Å². The normalized spacial score (nSPS) is 21.7. The molecule has 25 heavy (non-hydrogen) atoms. The number of hydrogen-bond donors (Lipinski definition) is 0. The van der Waals surface area contributed by atoms with Gasteiger partial charge in [-0.1, -0.05) is 11.3 Å². The van der Waals surface area contributed by atoms with Crippen molar-refractivity contribution in [3.05, 3.63) is 16.2 Å². The molecule has 8 nitrogen and oxygen atoms in total. The second-order valence-electron chi connectivity index (χ2n) is 6.19. The highest BCUT2D eigenvalue weighted by atomic mass is 32.1. The SMILES string of the molecule is O=[N+]([O-])c1cc2sc(N3CCOCC3)nc2nc1N1CCCC(F)C1. The van der Waals surface area contributed by atoms with Crippen molar-refractivity contribution in [3.63, 3.8) is 0 Å². The van der Waals surface area contributed by atoms with E-state index in [4.69, 9.17) is 4.74 Å². The zero-order valence-electron chi connectivity index (χ0n) is 13.6. The Hall–Kier alpha value is -2.07. The number of ether oxygens (including phenoxy) is 1. The number of thiazole rings is 1. The van der Waals surface area contributed by atoms with E-state index in [0.29, 0.717) is 42.9 Å². The third-order valence-corrected chi connectivity index (χ3v) is 5.53. The van der Waals surface area contributed by atoms with Crippen LogP contribution in [0.5, 0.6) is 0 Å². The van der Waals surface area contributed by atoms with E-state index in [2.05, 4.69) is 14.9 Å². The Bertz CT molecular complexity index is 795. The van der Waals surface area contributed by atoms with Gasteiger partial charge in [-0.05, 0) is 12.8 Å². The third kappa shape index (κ3) is 3.23. The van der Waals surface area contributed by atoms with E-state index in [1.807, 2.05) is 0 Å². The van der Waals surface area contributed by atoms with Gasteiger partial charge < -0.3 is 14.5 Å². The van der Waals surface area contributed by atoms with Gasteiger partial charge in [-0.25, -0.2) is 9.37 Å². The zero-order valence-corrected chi connectivity index (χ0v) is 14.4. The van der Waals surface area contributed by atoms with Crippen LogP contribution in [0.2, 0.25) is 0 Å².